The summed E-state index contributed by atoms with van der Waals surface area (Å²) in [5.74, 6) is 0. The van der Waals surface area contributed by atoms with Crippen molar-refractivity contribution in [2.45, 2.75) is 13.5 Å². The Morgan fingerprint density at radius 3 is 2.64 bits per heavy atom. The zero-order valence-corrected chi connectivity index (χ0v) is 6.88. The van der Waals surface area contributed by atoms with Crippen LogP contribution in [0.2, 0.25) is 0 Å². The van der Waals surface area contributed by atoms with Crippen LogP contribution in [0.1, 0.15) is 12.5 Å². The van der Waals surface area contributed by atoms with Crippen molar-refractivity contribution in [2.75, 3.05) is 6.54 Å². The van der Waals surface area contributed by atoms with E-state index in [1.807, 2.05) is 24.5 Å². The monoisotopic (exact) mass is 150 g/mol. The van der Waals surface area contributed by atoms with Gasteiger partial charge in [0.25, 0.3) is 0 Å². The van der Waals surface area contributed by atoms with Gasteiger partial charge in [-0.25, -0.2) is 0 Å². The van der Waals surface area contributed by atoms with E-state index in [0.717, 1.165) is 13.1 Å². The minimum Gasteiger partial charge on any atom is -0.464 e. The molecule has 1 unspecified atom stereocenters. The summed E-state index contributed by atoms with van der Waals surface area (Å²) < 4.78 is 0. The van der Waals surface area contributed by atoms with Gasteiger partial charge in [-0.2, -0.15) is 7.05 Å². The Balaban J connectivity index is 2.51. The van der Waals surface area contributed by atoms with Gasteiger partial charge < -0.3 is 4.90 Å². The smallest absolute Gasteiger partial charge is 0.0788 e. The molecule has 0 aliphatic rings. The van der Waals surface area contributed by atoms with Gasteiger partial charge >= 0.3 is 0 Å². The maximum Gasteiger partial charge on any atom is 0.0788 e. The molecular formula is C9H14N2. The molecule has 1 atom stereocenters. The van der Waals surface area contributed by atoms with Crippen molar-refractivity contribution in [3.63, 3.8) is 0 Å². The lowest BCUT2D eigenvalue weighted by molar-refractivity contribution is -0.866. The molecule has 0 aliphatic carbocycles. The molecule has 0 radical (unpaired) electrons. The fraction of sp³-hybridized carbons (Fsp3) is 0.333. The van der Waals surface area contributed by atoms with Gasteiger partial charge in [0.2, 0.25) is 0 Å². The van der Waals surface area contributed by atoms with Gasteiger partial charge in [-0.3, -0.25) is 4.98 Å². The standard InChI is InChI=1S/C9H14N2/c1-3-11(2)8-9-4-6-10-7-5-9/h4-7,11H,2-3,8H2,1H3. The number of rotatable bonds is 3. The average molecular weight is 150 g/mol. The van der Waals surface area contributed by atoms with Crippen LogP contribution in [0.5, 0.6) is 0 Å². The fourth-order valence-corrected chi connectivity index (χ4v) is 0.914. The van der Waals surface area contributed by atoms with E-state index in [9.17, 15) is 0 Å². The number of pyridine rings is 1. The Labute approximate surface area is 67.9 Å². The summed E-state index contributed by atoms with van der Waals surface area (Å²) >= 11 is 0. The molecule has 1 aromatic heterocycles. The van der Waals surface area contributed by atoms with Gasteiger partial charge in [0.05, 0.1) is 13.1 Å². The first-order valence-corrected chi connectivity index (χ1v) is 3.88. The van der Waals surface area contributed by atoms with Gasteiger partial charge in [0.1, 0.15) is 0 Å². The second kappa shape index (κ2) is 4.09. The molecule has 0 amide bonds. The molecule has 1 heterocycles. The van der Waals surface area contributed by atoms with E-state index in [4.69, 9.17) is 0 Å². The van der Waals surface area contributed by atoms with E-state index < -0.39 is 0 Å². The van der Waals surface area contributed by atoms with E-state index in [1.165, 1.54) is 10.5 Å². The number of quaternary nitrogens is 1. The minimum atomic E-state index is 0.985. The zero-order valence-electron chi connectivity index (χ0n) is 6.88. The minimum absolute atomic E-state index is 0.985. The Hall–Kier alpha value is -0.890. The van der Waals surface area contributed by atoms with Gasteiger partial charge in [-0.1, -0.05) is 0 Å². The SMILES string of the molecule is [CH2-][NH+](CC)Cc1ccncc1. The normalized spacial score (nSPS) is 12.9. The molecule has 0 fully saturated rings. The summed E-state index contributed by atoms with van der Waals surface area (Å²) in [6.45, 7) is 4.17. The topological polar surface area (TPSA) is 17.3 Å². The molecule has 0 saturated carbocycles. The highest BCUT2D eigenvalue weighted by atomic mass is 15.1. The summed E-state index contributed by atoms with van der Waals surface area (Å²) in [7, 11) is 3.95. The molecule has 0 bridgehead atoms. The number of hydrogen-bond donors (Lipinski definition) is 1. The van der Waals surface area contributed by atoms with Crippen molar-refractivity contribution in [3.8, 4) is 0 Å². The van der Waals surface area contributed by atoms with Gasteiger partial charge in [-0.15, -0.1) is 0 Å². The van der Waals surface area contributed by atoms with Crippen LogP contribution in [0.4, 0.5) is 0 Å². The summed E-state index contributed by atoms with van der Waals surface area (Å²) in [5.41, 5.74) is 1.30. The molecule has 1 N–H and O–H groups in total. The van der Waals surface area contributed by atoms with Crippen LogP contribution in [0.3, 0.4) is 0 Å². The van der Waals surface area contributed by atoms with Gasteiger partial charge in [-0.05, 0) is 19.1 Å². The maximum absolute atomic E-state index is 3.95. The fourth-order valence-electron chi connectivity index (χ4n) is 0.914. The van der Waals surface area contributed by atoms with Crippen molar-refractivity contribution >= 4 is 0 Å². The molecule has 1 rings (SSSR count). The number of nitrogens with zero attached hydrogens (tertiary/aromatic N) is 1. The van der Waals surface area contributed by atoms with Crippen LogP contribution in [0, 0.1) is 7.05 Å². The zero-order chi connectivity index (χ0) is 8.10. The second-order valence-electron chi connectivity index (χ2n) is 2.64. The average Bonchev–Trinajstić information content (AvgIpc) is 2.06. The highest BCUT2D eigenvalue weighted by Crippen LogP contribution is 1.91. The molecule has 0 aromatic carbocycles. The van der Waals surface area contributed by atoms with E-state index in [2.05, 4.69) is 19.0 Å². The van der Waals surface area contributed by atoms with Gasteiger partial charge in [0, 0.05) is 18.0 Å². The summed E-state index contributed by atoms with van der Waals surface area (Å²) in [5, 5.41) is 0. The van der Waals surface area contributed by atoms with E-state index in [0.29, 0.717) is 0 Å². The van der Waals surface area contributed by atoms with Crippen molar-refractivity contribution < 1.29 is 4.90 Å². The summed E-state index contributed by atoms with van der Waals surface area (Å²) in [4.78, 5) is 5.22. The summed E-state index contributed by atoms with van der Waals surface area (Å²) in [6.07, 6.45) is 3.64. The molecule has 11 heavy (non-hydrogen) atoms. The first kappa shape index (κ1) is 8.21. The predicted molar refractivity (Wildman–Crippen MR) is 44.8 cm³/mol. The molecule has 0 saturated heterocycles. The predicted octanol–water partition coefficient (Wildman–Crippen LogP) is 0.278. The van der Waals surface area contributed by atoms with E-state index >= 15 is 0 Å². The highest BCUT2D eigenvalue weighted by Gasteiger charge is 1.93. The molecule has 2 heteroatoms. The number of nitrogens with one attached hydrogen (secondary N) is 1. The number of hydrogen-bond acceptors (Lipinski definition) is 1. The lowest BCUT2D eigenvalue weighted by Gasteiger charge is -2.17. The molecule has 0 aliphatic heterocycles. The third kappa shape index (κ3) is 2.68. The van der Waals surface area contributed by atoms with Crippen LogP contribution < -0.4 is 4.90 Å². The quantitative estimate of drug-likeness (QED) is 0.612. The third-order valence-electron chi connectivity index (χ3n) is 1.70. The van der Waals surface area contributed by atoms with Gasteiger partial charge in [0.15, 0.2) is 0 Å². The molecule has 60 valence electrons. The first-order valence-electron chi connectivity index (χ1n) is 3.88. The summed E-state index contributed by atoms with van der Waals surface area (Å²) in [6, 6.07) is 4.06. The van der Waals surface area contributed by atoms with Crippen molar-refractivity contribution in [3.05, 3.63) is 37.1 Å². The third-order valence-corrected chi connectivity index (χ3v) is 1.70. The van der Waals surface area contributed by atoms with E-state index in [1.54, 1.807) is 0 Å². The Bertz CT molecular complexity index is 196. The molecule has 1 aromatic rings. The lowest BCUT2D eigenvalue weighted by Crippen LogP contribution is -3.05. The molecule has 0 spiro atoms. The Morgan fingerprint density at radius 1 is 1.45 bits per heavy atom. The van der Waals surface area contributed by atoms with Crippen LogP contribution >= 0.6 is 0 Å². The van der Waals surface area contributed by atoms with Crippen LogP contribution in [-0.2, 0) is 6.54 Å². The molecule has 2 nitrogen and oxygen atoms in total. The maximum atomic E-state index is 3.95. The first-order chi connectivity index (χ1) is 5.33. The van der Waals surface area contributed by atoms with Crippen molar-refractivity contribution in [2.24, 2.45) is 0 Å². The Morgan fingerprint density at radius 2 is 2.09 bits per heavy atom. The van der Waals surface area contributed by atoms with Crippen LogP contribution in [-0.4, -0.2) is 11.5 Å². The van der Waals surface area contributed by atoms with E-state index in [-0.39, 0.29) is 0 Å². The number of aromatic nitrogens is 1. The lowest BCUT2D eigenvalue weighted by atomic mass is 10.2. The van der Waals surface area contributed by atoms with Crippen molar-refractivity contribution in [1.82, 2.24) is 4.98 Å². The van der Waals surface area contributed by atoms with Crippen LogP contribution in [0.15, 0.2) is 24.5 Å². The van der Waals surface area contributed by atoms with Crippen LogP contribution in [0.25, 0.3) is 0 Å². The second-order valence-corrected chi connectivity index (χ2v) is 2.64. The Kier molecular flexibility index (Phi) is 3.05. The van der Waals surface area contributed by atoms with Crippen molar-refractivity contribution in [1.29, 1.82) is 0 Å². The largest absolute Gasteiger partial charge is 0.464 e. The molecular weight excluding hydrogens is 136 g/mol. The highest BCUT2D eigenvalue weighted by molar-refractivity contribution is 5.07.